The van der Waals surface area contributed by atoms with Gasteiger partial charge in [-0.2, -0.15) is 0 Å². The summed E-state index contributed by atoms with van der Waals surface area (Å²) in [6, 6.07) is 2.10. The van der Waals surface area contributed by atoms with E-state index in [2.05, 4.69) is 21.4 Å². The first-order valence-corrected chi connectivity index (χ1v) is 8.10. The first kappa shape index (κ1) is 15.8. The Morgan fingerprint density at radius 3 is 2.83 bits per heavy atom. The van der Waals surface area contributed by atoms with Crippen LogP contribution in [-0.2, 0) is 4.79 Å². The number of halogens is 1. The van der Waals surface area contributed by atoms with E-state index in [0.717, 1.165) is 11.1 Å². The van der Waals surface area contributed by atoms with Crippen molar-refractivity contribution < 1.29 is 9.59 Å². The maximum absolute atomic E-state index is 11.9. The topological polar surface area (TPSA) is 95.3 Å². The Labute approximate surface area is 146 Å². The largest absolute Gasteiger partial charge is 0.366 e. The van der Waals surface area contributed by atoms with Gasteiger partial charge in [-0.15, -0.1) is 0 Å². The smallest absolute Gasteiger partial charge is 0.269 e. The maximum Gasteiger partial charge on any atom is 0.269 e. The van der Waals surface area contributed by atoms with Gasteiger partial charge in [0, 0.05) is 31.7 Å². The Morgan fingerprint density at radius 2 is 2.22 bits per heavy atom. The van der Waals surface area contributed by atoms with E-state index in [1.807, 2.05) is 35.7 Å². The van der Waals surface area contributed by atoms with Crippen LogP contribution in [-0.4, -0.2) is 52.9 Å². The number of nitrogens with two attached hydrogens (primary N) is 1. The molecular weight excluding hydrogens is 409 g/mol. The van der Waals surface area contributed by atoms with Crippen molar-refractivity contribution in [2.45, 2.75) is 6.04 Å². The van der Waals surface area contributed by atoms with Crippen molar-refractivity contribution in [3.05, 3.63) is 34.3 Å². The predicted octanol–water partition coefficient (Wildman–Crippen LogP) is 1.26. The standard InChI is InChI=1S/C15H16IN5O2/c1-8(16)15(23)21-6-9(7-21)20(2)11-5-19-13(14(17)22)12-10(11)3-4-18-12/h3-5,9,18H,1,6-7H2,2H3,(H2,17,22). The molecule has 3 heterocycles. The molecule has 1 fully saturated rings. The Kier molecular flexibility index (Phi) is 4.00. The van der Waals surface area contributed by atoms with E-state index >= 15 is 0 Å². The zero-order valence-electron chi connectivity index (χ0n) is 12.5. The third-order valence-electron chi connectivity index (χ3n) is 4.12. The molecule has 0 aliphatic carbocycles. The first-order valence-electron chi connectivity index (χ1n) is 7.02. The fourth-order valence-corrected chi connectivity index (χ4v) is 3.08. The lowest BCUT2D eigenvalue weighted by Crippen LogP contribution is -2.60. The number of anilines is 1. The molecule has 120 valence electrons. The van der Waals surface area contributed by atoms with Gasteiger partial charge in [-0.25, -0.2) is 4.98 Å². The SMILES string of the molecule is C=C(I)C(=O)N1CC(N(C)c2cnc(C(N)=O)c3[nH]ccc23)C1. The van der Waals surface area contributed by atoms with E-state index in [0.29, 0.717) is 22.2 Å². The number of likely N-dealkylation sites (tertiary alicyclic amines) is 1. The second-order valence-electron chi connectivity index (χ2n) is 5.50. The molecule has 0 atom stereocenters. The molecule has 2 aromatic rings. The molecule has 0 saturated carbocycles. The Hall–Kier alpha value is -2.10. The quantitative estimate of drug-likeness (QED) is 0.570. The number of pyridine rings is 1. The normalized spacial score (nSPS) is 14.6. The van der Waals surface area contributed by atoms with E-state index < -0.39 is 5.91 Å². The van der Waals surface area contributed by atoms with Crippen molar-refractivity contribution in [2.24, 2.45) is 5.73 Å². The number of nitrogens with zero attached hydrogens (tertiary/aromatic N) is 3. The van der Waals surface area contributed by atoms with Crippen LogP contribution in [0, 0.1) is 0 Å². The second-order valence-corrected chi connectivity index (χ2v) is 6.80. The number of fused-ring (bicyclic) bond motifs is 1. The van der Waals surface area contributed by atoms with Crippen molar-refractivity contribution >= 4 is 51.0 Å². The van der Waals surface area contributed by atoms with Crippen LogP contribution in [0.5, 0.6) is 0 Å². The van der Waals surface area contributed by atoms with E-state index in [-0.39, 0.29) is 17.6 Å². The highest BCUT2D eigenvalue weighted by Crippen LogP contribution is 2.30. The third-order valence-corrected chi connectivity index (χ3v) is 4.58. The fourth-order valence-electron chi connectivity index (χ4n) is 2.74. The Morgan fingerprint density at radius 1 is 1.52 bits per heavy atom. The van der Waals surface area contributed by atoms with Crippen LogP contribution in [0.2, 0.25) is 0 Å². The number of amides is 2. The monoisotopic (exact) mass is 425 g/mol. The molecule has 1 aliphatic rings. The van der Waals surface area contributed by atoms with Crippen molar-refractivity contribution in [3.63, 3.8) is 0 Å². The van der Waals surface area contributed by atoms with Gasteiger partial charge in [-0.05, 0) is 28.7 Å². The number of likely N-dealkylation sites (N-methyl/N-ethyl adjacent to an activating group) is 1. The molecule has 23 heavy (non-hydrogen) atoms. The van der Waals surface area contributed by atoms with Crippen molar-refractivity contribution in [2.75, 3.05) is 25.0 Å². The molecule has 2 amide bonds. The second kappa shape index (κ2) is 5.84. The van der Waals surface area contributed by atoms with Crippen molar-refractivity contribution in [3.8, 4) is 0 Å². The summed E-state index contributed by atoms with van der Waals surface area (Å²) in [6.45, 7) is 4.95. The number of hydrogen-bond acceptors (Lipinski definition) is 4. The summed E-state index contributed by atoms with van der Waals surface area (Å²) < 4.78 is 0.518. The summed E-state index contributed by atoms with van der Waals surface area (Å²) in [4.78, 5) is 34.3. The molecule has 0 bridgehead atoms. The Bertz CT molecular complexity index is 809. The fraction of sp³-hybridized carbons (Fsp3) is 0.267. The summed E-state index contributed by atoms with van der Waals surface area (Å²) in [5, 5.41) is 0.888. The third kappa shape index (κ3) is 2.67. The number of rotatable bonds is 4. The van der Waals surface area contributed by atoms with E-state index in [9.17, 15) is 9.59 Å². The minimum absolute atomic E-state index is 0.0238. The molecule has 0 aromatic carbocycles. The average molecular weight is 425 g/mol. The van der Waals surface area contributed by atoms with Gasteiger partial charge in [0.25, 0.3) is 11.8 Å². The Balaban J connectivity index is 1.83. The number of primary amides is 1. The van der Waals surface area contributed by atoms with Gasteiger partial charge in [0.2, 0.25) is 0 Å². The summed E-state index contributed by atoms with van der Waals surface area (Å²) in [5.41, 5.74) is 7.12. The summed E-state index contributed by atoms with van der Waals surface area (Å²) in [7, 11) is 1.96. The minimum atomic E-state index is -0.562. The number of carbonyl (C=O) groups is 2. The average Bonchev–Trinajstić information content (AvgIpc) is 2.93. The van der Waals surface area contributed by atoms with Crippen LogP contribution in [0.25, 0.3) is 10.9 Å². The molecule has 1 saturated heterocycles. The molecule has 7 nitrogen and oxygen atoms in total. The van der Waals surface area contributed by atoms with Crippen LogP contribution in [0.4, 0.5) is 5.69 Å². The van der Waals surface area contributed by atoms with Crippen LogP contribution < -0.4 is 10.6 Å². The molecule has 0 unspecified atom stereocenters. The molecule has 8 heteroatoms. The molecular formula is C15H16IN5O2. The van der Waals surface area contributed by atoms with Crippen LogP contribution >= 0.6 is 22.6 Å². The highest BCUT2D eigenvalue weighted by atomic mass is 127. The number of nitrogens with one attached hydrogen (secondary N) is 1. The maximum atomic E-state index is 11.9. The lowest BCUT2D eigenvalue weighted by molar-refractivity contribution is -0.130. The summed E-state index contributed by atoms with van der Waals surface area (Å²) >= 11 is 1.94. The number of aromatic amines is 1. The number of hydrogen-bond donors (Lipinski definition) is 2. The van der Waals surface area contributed by atoms with Crippen LogP contribution in [0.3, 0.4) is 0 Å². The van der Waals surface area contributed by atoms with E-state index in [1.165, 1.54) is 0 Å². The van der Waals surface area contributed by atoms with Gasteiger partial charge < -0.3 is 20.5 Å². The van der Waals surface area contributed by atoms with Gasteiger partial charge >= 0.3 is 0 Å². The first-order chi connectivity index (χ1) is 10.9. The zero-order valence-corrected chi connectivity index (χ0v) is 14.7. The van der Waals surface area contributed by atoms with Crippen LogP contribution in [0.15, 0.2) is 28.6 Å². The van der Waals surface area contributed by atoms with E-state index in [4.69, 9.17) is 5.73 Å². The predicted molar refractivity (Wildman–Crippen MR) is 96.5 cm³/mol. The lowest BCUT2D eigenvalue weighted by atomic mass is 10.1. The number of aromatic nitrogens is 2. The van der Waals surface area contributed by atoms with Gasteiger partial charge in [-0.1, -0.05) is 6.58 Å². The van der Waals surface area contributed by atoms with Gasteiger partial charge in [-0.3, -0.25) is 9.59 Å². The zero-order chi connectivity index (χ0) is 16.7. The van der Waals surface area contributed by atoms with E-state index in [1.54, 1.807) is 17.3 Å². The van der Waals surface area contributed by atoms with Crippen molar-refractivity contribution in [1.82, 2.24) is 14.9 Å². The molecule has 0 spiro atoms. The highest BCUT2D eigenvalue weighted by molar-refractivity contribution is 14.1. The molecule has 0 radical (unpaired) electrons. The minimum Gasteiger partial charge on any atom is -0.366 e. The molecule has 3 N–H and O–H groups in total. The lowest BCUT2D eigenvalue weighted by Gasteiger charge is -2.44. The molecule has 1 aliphatic heterocycles. The van der Waals surface area contributed by atoms with Gasteiger partial charge in [0.15, 0.2) is 5.69 Å². The number of carbonyl (C=O) groups excluding carboxylic acids is 2. The summed E-state index contributed by atoms with van der Waals surface area (Å²) in [5.74, 6) is -0.586. The van der Waals surface area contributed by atoms with Crippen molar-refractivity contribution in [1.29, 1.82) is 0 Å². The highest BCUT2D eigenvalue weighted by Gasteiger charge is 2.34. The number of H-pyrrole nitrogens is 1. The summed E-state index contributed by atoms with van der Waals surface area (Å²) in [6.07, 6.45) is 3.41. The van der Waals surface area contributed by atoms with Crippen LogP contribution in [0.1, 0.15) is 10.5 Å². The van der Waals surface area contributed by atoms with Gasteiger partial charge in [0.05, 0.1) is 27.0 Å². The van der Waals surface area contributed by atoms with Gasteiger partial charge in [0.1, 0.15) is 0 Å². The molecule has 2 aromatic heterocycles. The molecule has 3 rings (SSSR count).